The average Bonchev–Trinajstić information content (AvgIpc) is 2.15. The average molecular weight is 193 g/mol. The third-order valence-electron chi connectivity index (χ3n) is 2.97. The van der Waals surface area contributed by atoms with Gasteiger partial charge >= 0.3 is 0 Å². The van der Waals surface area contributed by atoms with Crippen LogP contribution in [0.5, 0.6) is 0 Å². The lowest BCUT2D eigenvalue weighted by molar-refractivity contribution is 0.148. The molecule has 1 aromatic rings. The first kappa shape index (κ1) is 11.2. The zero-order chi connectivity index (χ0) is 10.9. The molecule has 1 atom stereocenters. The van der Waals surface area contributed by atoms with Crippen molar-refractivity contribution in [1.82, 2.24) is 5.32 Å². The predicted octanol–water partition coefficient (Wildman–Crippen LogP) is 2.13. The van der Waals surface area contributed by atoms with E-state index in [0.29, 0.717) is 0 Å². The molecule has 2 heteroatoms. The van der Waals surface area contributed by atoms with Crippen molar-refractivity contribution in [2.24, 2.45) is 0 Å². The Balaban J connectivity index is 3.39. The van der Waals surface area contributed by atoms with Crippen LogP contribution < -0.4 is 5.32 Å². The van der Waals surface area contributed by atoms with Crippen molar-refractivity contribution in [3.8, 4) is 0 Å². The van der Waals surface area contributed by atoms with Crippen LogP contribution in [0.1, 0.15) is 34.0 Å². The van der Waals surface area contributed by atoms with Gasteiger partial charge in [-0.05, 0) is 57.0 Å². The maximum atomic E-state index is 9.83. The van der Waals surface area contributed by atoms with E-state index in [1.165, 1.54) is 22.3 Å². The lowest BCUT2D eigenvalue weighted by Crippen LogP contribution is -2.18. The number of aryl methyl sites for hydroxylation is 2. The quantitative estimate of drug-likeness (QED) is 0.705. The zero-order valence-electron chi connectivity index (χ0n) is 9.60. The monoisotopic (exact) mass is 193 g/mol. The van der Waals surface area contributed by atoms with Crippen LogP contribution in [0.4, 0.5) is 0 Å². The number of hydrogen-bond donors (Lipinski definition) is 2. The van der Waals surface area contributed by atoms with Gasteiger partial charge in [0.2, 0.25) is 0 Å². The summed E-state index contributed by atoms with van der Waals surface area (Å²) < 4.78 is 0. The van der Waals surface area contributed by atoms with Gasteiger partial charge in [-0.3, -0.25) is 5.32 Å². The molecule has 1 unspecified atom stereocenters. The summed E-state index contributed by atoms with van der Waals surface area (Å²) in [7, 11) is 1.77. The van der Waals surface area contributed by atoms with Gasteiger partial charge < -0.3 is 5.11 Å². The van der Waals surface area contributed by atoms with Gasteiger partial charge in [-0.25, -0.2) is 0 Å². The summed E-state index contributed by atoms with van der Waals surface area (Å²) in [6.07, 6.45) is -0.561. The second-order valence-electron chi connectivity index (χ2n) is 3.87. The molecule has 2 nitrogen and oxygen atoms in total. The van der Waals surface area contributed by atoms with Crippen molar-refractivity contribution in [3.05, 3.63) is 33.9 Å². The normalized spacial score (nSPS) is 13.0. The standard InChI is InChI=1S/C12H19NO/c1-7-6-8(2)10(4)11(9(7)3)12(14)13-5/h6,12-14H,1-5H3. The molecule has 0 amide bonds. The lowest BCUT2D eigenvalue weighted by atomic mass is 9.93. The summed E-state index contributed by atoms with van der Waals surface area (Å²) >= 11 is 0. The van der Waals surface area contributed by atoms with Gasteiger partial charge in [0.15, 0.2) is 0 Å². The summed E-state index contributed by atoms with van der Waals surface area (Å²) in [5.74, 6) is 0. The first-order chi connectivity index (χ1) is 6.49. The number of benzene rings is 1. The molecule has 0 fully saturated rings. The van der Waals surface area contributed by atoms with Crippen LogP contribution in [0.2, 0.25) is 0 Å². The summed E-state index contributed by atoms with van der Waals surface area (Å²) in [5.41, 5.74) is 5.84. The SMILES string of the molecule is CNC(O)c1c(C)c(C)cc(C)c1C. The molecule has 2 N–H and O–H groups in total. The van der Waals surface area contributed by atoms with Crippen molar-refractivity contribution in [2.75, 3.05) is 7.05 Å². The number of rotatable bonds is 2. The fourth-order valence-corrected chi connectivity index (χ4v) is 1.80. The minimum absolute atomic E-state index is 0.561. The molecule has 78 valence electrons. The van der Waals surface area contributed by atoms with E-state index in [1.807, 2.05) is 0 Å². The Bertz CT molecular complexity index is 318. The minimum Gasteiger partial charge on any atom is -0.374 e. The third kappa shape index (κ3) is 1.81. The molecular weight excluding hydrogens is 174 g/mol. The molecule has 1 aromatic carbocycles. The van der Waals surface area contributed by atoms with E-state index in [9.17, 15) is 5.11 Å². The Kier molecular flexibility index (Phi) is 3.29. The molecule has 0 aliphatic carbocycles. The van der Waals surface area contributed by atoms with Crippen LogP contribution in [0.15, 0.2) is 6.07 Å². The fourth-order valence-electron chi connectivity index (χ4n) is 1.80. The molecular formula is C12H19NO. The van der Waals surface area contributed by atoms with Gasteiger partial charge in [-0.15, -0.1) is 0 Å². The van der Waals surface area contributed by atoms with Gasteiger partial charge in [0.25, 0.3) is 0 Å². The molecule has 0 aliphatic rings. The smallest absolute Gasteiger partial charge is 0.131 e. The molecule has 0 aliphatic heterocycles. The molecule has 1 rings (SSSR count). The summed E-state index contributed by atoms with van der Waals surface area (Å²) in [6.45, 7) is 8.26. The summed E-state index contributed by atoms with van der Waals surface area (Å²) in [5, 5.41) is 12.7. The van der Waals surface area contributed by atoms with E-state index >= 15 is 0 Å². The highest BCUT2D eigenvalue weighted by Crippen LogP contribution is 2.25. The summed E-state index contributed by atoms with van der Waals surface area (Å²) in [6, 6.07) is 2.16. The number of nitrogens with one attached hydrogen (secondary N) is 1. The summed E-state index contributed by atoms with van der Waals surface area (Å²) in [4.78, 5) is 0. The first-order valence-corrected chi connectivity index (χ1v) is 4.91. The molecule has 14 heavy (non-hydrogen) atoms. The second-order valence-corrected chi connectivity index (χ2v) is 3.87. The van der Waals surface area contributed by atoms with Gasteiger partial charge in [0.1, 0.15) is 6.23 Å². The maximum absolute atomic E-state index is 9.83. The molecule has 0 saturated carbocycles. The molecule has 0 spiro atoms. The molecule has 0 aromatic heterocycles. The van der Waals surface area contributed by atoms with Crippen LogP contribution in [0, 0.1) is 27.7 Å². The van der Waals surface area contributed by atoms with Crippen LogP contribution >= 0.6 is 0 Å². The number of aliphatic hydroxyl groups is 1. The Labute approximate surface area is 86.0 Å². The van der Waals surface area contributed by atoms with Crippen molar-refractivity contribution < 1.29 is 5.11 Å². The Morgan fingerprint density at radius 1 is 1.07 bits per heavy atom. The van der Waals surface area contributed by atoms with Crippen molar-refractivity contribution in [2.45, 2.75) is 33.9 Å². The molecule has 0 heterocycles. The topological polar surface area (TPSA) is 32.3 Å². The Morgan fingerprint density at radius 2 is 1.50 bits per heavy atom. The van der Waals surface area contributed by atoms with E-state index in [-0.39, 0.29) is 0 Å². The van der Waals surface area contributed by atoms with Gasteiger partial charge in [0.05, 0.1) is 0 Å². The molecule has 0 saturated heterocycles. The van der Waals surface area contributed by atoms with Crippen LogP contribution in [0.25, 0.3) is 0 Å². The highest BCUT2D eigenvalue weighted by Gasteiger charge is 2.14. The van der Waals surface area contributed by atoms with Crippen molar-refractivity contribution in [3.63, 3.8) is 0 Å². The van der Waals surface area contributed by atoms with E-state index in [2.05, 4.69) is 39.1 Å². The van der Waals surface area contributed by atoms with Crippen LogP contribution in [0.3, 0.4) is 0 Å². The van der Waals surface area contributed by atoms with Crippen molar-refractivity contribution in [1.29, 1.82) is 0 Å². The highest BCUT2D eigenvalue weighted by molar-refractivity contribution is 5.44. The Morgan fingerprint density at radius 3 is 1.86 bits per heavy atom. The highest BCUT2D eigenvalue weighted by atomic mass is 16.3. The number of aliphatic hydroxyl groups excluding tert-OH is 1. The largest absolute Gasteiger partial charge is 0.374 e. The van der Waals surface area contributed by atoms with Gasteiger partial charge in [-0.1, -0.05) is 6.07 Å². The van der Waals surface area contributed by atoms with Gasteiger partial charge in [-0.2, -0.15) is 0 Å². The maximum Gasteiger partial charge on any atom is 0.131 e. The van der Waals surface area contributed by atoms with Crippen LogP contribution in [-0.2, 0) is 0 Å². The van der Waals surface area contributed by atoms with E-state index in [1.54, 1.807) is 7.05 Å². The molecule has 0 bridgehead atoms. The van der Waals surface area contributed by atoms with Crippen molar-refractivity contribution >= 4 is 0 Å². The fraction of sp³-hybridized carbons (Fsp3) is 0.500. The Hall–Kier alpha value is -0.860. The third-order valence-corrected chi connectivity index (χ3v) is 2.97. The first-order valence-electron chi connectivity index (χ1n) is 4.91. The van der Waals surface area contributed by atoms with Gasteiger partial charge in [0, 0.05) is 5.56 Å². The van der Waals surface area contributed by atoms with E-state index in [4.69, 9.17) is 0 Å². The lowest BCUT2D eigenvalue weighted by Gasteiger charge is -2.19. The van der Waals surface area contributed by atoms with E-state index in [0.717, 1.165) is 5.56 Å². The number of hydrogen-bond acceptors (Lipinski definition) is 2. The minimum atomic E-state index is -0.561. The second kappa shape index (κ2) is 4.11. The van der Waals surface area contributed by atoms with E-state index < -0.39 is 6.23 Å². The van der Waals surface area contributed by atoms with Crippen LogP contribution in [-0.4, -0.2) is 12.2 Å². The zero-order valence-corrected chi connectivity index (χ0v) is 9.60. The predicted molar refractivity (Wildman–Crippen MR) is 59.4 cm³/mol. The molecule has 0 radical (unpaired) electrons.